The first-order valence-electron chi connectivity index (χ1n) is 5.60. The van der Waals surface area contributed by atoms with Gasteiger partial charge >= 0.3 is 6.03 Å². The number of hydrogen-bond donors (Lipinski definition) is 2. The van der Waals surface area contributed by atoms with E-state index in [0.717, 1.165) is 17.4 Å². The number of amides is 1. The van der Waals surface area contributed by atoms with Gasteiger partial charge in [0.2, 0.25) is 0 Å². The van der Waals surface area contributed by atoms with Crippen LogP contribution in [0.5, 0.6) is 0 Å². The first kappa shape index (κ1) is 10.4. The Bertz CT molecular complexity index is 417. The molecule has 1 aromatic rings. The average Bonchev–Trinajstić information content (AvgIpc) is 2.92. The molecule has 16 heavy (non-hydrogen) atoms. The molecule has 1 aliphatic heterocycles. The molecule has 0 spiro atoms. The van der Waals surface area contributed by atoms with Gasteiger partial charge in [-0.25, -0.2) is 4.79 Å². The highest BCUT2D eigenvalue weighted by atomic mass is 79.9. The third-order valence-electron chi connectivity index (χ3n) is 3.56. The number of hydrogen-bond acceptors (Lipinski definition) is 2. The van der Waals surface area contributed by atoms with E-state index in [4.69, 9.17) is 0 Å². The number of rotatable bonds is 1. The summed E-state index contributed by atoms with van der Waals surface area (Å²) < 4.78 is 2.51. The van der Waals surface area contributed by atoms with Gasteiger partial charge < -0.3 is 10.6 Å². The van der Waals surface area contributed by atoms with E-state index < -0.39 is 0 Å². The van der Waals surface area contributed by atoms with Gasteiger partial charge in [0.25, 0.3) is 0 Å². The van der Waals surface area contributed by atoms with Crippen LogP contribution in [0.2, 0.25) is 0 Å². The van der Waals surface area contributed by atoms with Crippen molar-refractivity contribution in [1.29, 1.82) is 0 Å². The molecular formula is C11H14BrN3O. The van der Waals surface area contributed by atoms with Crippen LogP contribution in [0.15, 0.2) is 22.9 Å². The zero-order valence-corrected chi connectivity index (χ0v) is 10.4. The minimum Gasteiger partial charge on any atom is -0.334 e. The van der Waals surface area contributed by atoms with Gasteiger partial charge in [-0.3, -0.25) is 4.57 Å². The molecule has 4 nitrogen and oxygen atoms in total. The lowest BCUT2D eigenvalue weighted by molar-refractivity contribution is 0.233. The predicted octanol–water partition coefficient (Wildman–Crippen LogP) is 1.56. The van der Waals surface area contributed by atoms with Gasteiger partial charge in [-0.05, 0) is 40.8 Å². The highest BCUT2D eigenvalue weighted by molar-refractivity contribution is 9.10. The first-order valence-corrected chi connectivity index (χ1v) is 6.39. The Morgan fingerprint density at radius 3 is 3.00 bits per heavy atom. The Balaban J connectivity index is 1.65. The molecule has 1 saturated heterocycles. The van der Waals surface area contributed by atoms with E-state index in [0.29, 0.717) is 18.0 Å². The smallest absolute Gasteiger partial charge is 0.325 e. The van der Waals surface area contributed by atoms with E-state index in [9.17, 15) is 4.79 Å². The van der Waals surface area contributed by atoms with Crippen LogP contribution in [-0.2, 0) is 0 Å². The fourth-order valence-corrected chi connectivity index (χ4v) is 3.08. The summed E-state index contributed by atoms with van der Waals surface area (Å²) in [6.45, 7) is 1.05. The molecule has 1 saturated carbocycles. The predicted molar refractivity (Wildman–Crippen MR) is 64.4 cm³/mol. The molecular weight excluding hydrogens is 270 g/mol. The van der Waals surface area contributed by atoms with Crippen molar-refractivity contribution in [2.45, 2.75) is 24.9 Å². The number of aromatic nitrogens is 1. The summed E-state index contributed by atoms with van der Waals surface area (Å²) in [6.07, 6.45) is 5.82. The molecule has 2 N–H and O–H groups in total. The summed E-state index contributed by atoms with van der Waals surface area (Å²) in [5.74, 6) is 0.618. The summed E-state index contributed by atoms with van der Waals surface area (Å²) in [5.41, 5.74) is 0. The van der Waals surface area contributed by atoms with Gasteiger partial charge in [-0.2, -0.15) is 0 Å². The lowest BCUT2D eigenvalue weighted by Gasteiger charge is -2.23. The second-order valence-corrected chi connectivity index (χ2v) is 5.55. The van der Waals surface area contributed by atoms with Crippen molar-refractivity contribution in [3.05, 3.63) is 22.9 Å². The second kappa shape index (κ2) is 3.89. The zero-order valence-electron chi connectivity index (χ0n) is 8.82. The molecule has 3 atom stereocenters. The van der Waals surface area contributed by atoms with Crippen LogP contribution >= 0.6 is 15.9 Å². The van der Waals surface area contributed by atoms with Crippen LogP contribution in [0.4, 0.5) is 4.79 Å². The van der Waals surface area contributed by atoms with E-state index in [1.807, 2.05) is 6.07 Å². The Morgan fingerprint density at radius 2 is 2.44 bits per heavy atom. The summed E-state index contributed by atoms with van der Waals surface area (Å²) in [7, 11) is 0. The van der Waals surface area contributed by atoms with Crippen LogP contribution in [0.3, 0.4) is 0 Å². The molecule has 1 amide bonds. The number of nitrogens with one attached hydrogen (secondary N) is 2. The van der Waals surface area contributed by atoms with Crippen molar-refractivity contribution < 1.29 is 4.79 Å². The fraction of sp³-hybridized carbons (Fsp3) is 0.545. The quantitative estimate of drug-likeness (QED) is 0.822. The standard InChI is InChI=1S/C11H14BrN3O/c12-8-1-2-15(6-8)11(16)14-10-4-9-3-7(10)5-13-9/h1-2,6-7,9-10,13H,3-5H2,(H,14,16). The molecule has 5 heteroatoms. The molecule has 1 aliphatic carbocycles. The minimum atomic E-state index is -0.0248. The molecule has 0 radical (unpaired) electrons. The maximum atomic E-state index is 11.9. The number of fused-ring (bicyclic) bond motifs is 2. The number of piperidine rings is 1. The Kier molecular flexibility index (Phi) is 2.52. The van der Waals surface area contributed by atoms with Gasteiger partial charge in [0.1, 0.15) is 0 Å². The molecule has 2 bridgehead atoms. The maximum absolute atomic E-state index is 11.9. The third-order valence-corrected chi connectivity index (χ3v) is 4.03. The number of carbonyl (C=O) groups is 1. The number of nitrogens with zero attached hydrogens (tertiary/aromatic N) is 1. The highest BCUT2D eigenvalue weighted by Gasteiger charge is 2.40. The van der Waals surface area contributed by atoms with Gasteiger partial charge in [-0.15, -0.1) is 0 Å². The molecule has 2 heterocycles. The minimum absolute atomic E-state index is 0.0248. The van der Waals surface area contributed by atoms with Crippen molar-refractivity contribution in [3.8, 4) is 0 Å². The van der Waals surface area contributed by atoms with Crippen molar-refractivity contribution in [2.24, 2.45) is 5.92 Å². The molecule has 2 fully saturated rings. The summed E-state index contributed by atoms with van der Waals surface area (Å²) >= 11 is 3.33. The van der Waals surface area contributed by atoms with Gasteiger partial charge in [-0.1, -0.05) is 0 Å². The van der Waals surface area contributed by atoms with Crippen molar-refractivity contribution in [2.75, 3.05) is 6.54 Å². The van der Waals surface area contributed by atoms with E-state index in [1.165, 1.54) is 6.42 Å². The van der Waals surface area contributed by atoms with Crippen LogP contribution in [0.1, 0.15) is 12.8 Å². The fourth-order valence-electron chi connectivity index (χ4n) is 2.74. The Morgan fingerprint density at radius 1 is 1.56 bits per heavy atom. The summed E-state index contributed by atoms with van der Waals surface area (Å²) in [4.78, 5) is 11.9. The molecule has 3 unspecified atom stereocenters. The van der Waals surface area contributed by atoms with E-state index in [2.05, 4.69) is 26.6 Å². The second-order valence-electron chi connectivity index (χ2n) is 4.63. The van der Waals surface area contributed by atoms with Gasteiger partial charge in [0, 0.05) is 35.5 Å². The topological polar surface area (TPSA) is 46.1 Å². The molecule has 2 aliphatic rings. The van der Waals surface area contributed by atoms with E-state index in [-0.39, 0.29) is 6.03 Å². The normalized spacial score (nSPS) is 31.9. The monoisotopic (exact) mass is 283 g/mol. The average molecular weight is 284 g/mol. The SMILES string of the molecule is O=C(NC1CC2CC1CN2)n1ccc(Br)c1. The van der Waals surface area contributed by atoms with Gasteiger partial charge in [0.05, 0.1) is 0 Å². The van der Waals surface area contributed by atoms with Crippen LogP contribution in [0.25, 0.3) is 0 Å². The number of halogens is 1. The lowest BCUT2D eigenvalue weighted by atomic mass is 10.0. The third kappa shape index (κ3) is 1.78. The van der Waals surface area contributed by atoms with Crippen LogP contribution in [0, 0.1) is 5.92 Å². The molecule has 0 aromatic carbocycles. The van der Waals surface area contributed by atoms with Crippen molar-refractivity contribution in [3.63, 3.8) is 0 Å². The van der Waals surface area contributed by atoms with Crippen molar-refractivity contribution in [1.82, 2.24) is 15.2 Å². The Labute approximate surface area is 103 Å². The van der Waals surface area contributed by atoms with Crippen molar-refractivity contribution >= 4 is 22.0 Å². The summed E-state index contributed by atoms with van der Waals surface area (Å²) in [5, 5.41) is 6.54. The maximum Gasteiger partial charge on any atom is 0.325 e. The van der Waals surface area contributed by atoms with E-state index in [1.54, 1.807) is 17.0 Å². The van der Waals surface area contributed by atoms with Crippen LogP contribution < -0.4 is 10.6 Å². The lowest BCUT2D eigenvalue weighted by Crippen LogP contribution is -2.45. The Hall–Kier alpha value is -0.810. The summed E-state index contributed by atoms with van der Waals surface area (Å²) in [6, 6.07) is 2.80. The molecule has 3 rings (SSSR count). The molecule has 86 valence electrons. The van der Waals surface area contributed by atoms with Crippen LogP contribution in [-0.4, -0.2) is 29.2 Å². The largest absolute Gasteiger partial charge is 0.334 e. The zero-order chi connectivity index (χ0) is 11.1. The first-order chi connectivity index (χ1) is 7.72. The number of carbonyl (C=O) groups excluding carboxylic acids is 1. The molecule has 1 aromatic heterocycles. The highest BCUT2D eigenvalue weighted by Crippen LogP contribution is 2.31. The van der Waals surface area contributed by atoms with E-state index >= 15 is 0 Å². The van der Waals surface area contributed by atoms with Gasteiger partial charge in [0.15, 0.2) is 0 Å².